The fourth-order valence-corrected chi connectivity index (χ4v) is 2.33. The zero-order valence-electron chi connectivity index (χ0n) is 14.6. The number of hydrogen-bond donors (Lipinski definition) is 3. The number of aliphatic hydroxyl groups excluding tert-OH is 1. The Balaban J connectivity index is 0.00000312. The lowest BCUT2D eigenvalue weighted by Gasteiger charge is -2.13. The number of halogens is 3. The molecule has 146 valence electrons. The molecule has 0 radical (unpaired) electrons. The van der Waals surface area contributed by atoms with Gasteiger partial charge in [-0.15, -0.1) is 24.8 Å². The van der Waals surface area contributed by atoms with E-state index in [2.05, 4.69) is 10.6 Å². The lowest BCUT2D eigenvalue weighted by Crippen LogP contribution is -2.24. The summed E-state index contributed by atoms with van der Waals surface area (Å²) in [5.41, 5.74) is 1.60. The molecule has 0 amide bonds. The maximum absolute atomic E-state index is 13.7. The van der Waals surface area contributed by atoms with Crippen molar-refractivity contribution < 1.29 is 14.2 Å². The van der Waals surface area contributed by atoms with Gasteiger partial charge in [-0.25, -0.2) is 4.39 Å². The Morgan fingerprint density at radius 2 is 1.50 bits per heavy atom. The number of aliphatic hydroxyl groups is 1. The maximum atomic E-state index is 13.7. The van der Waals surface area contributed by atoms with Gasteiger partial charge in [0.25, 0.3) is 0 Å². The van der Waals surface area contributed by atoms with E-state index in [0.717, 1.165) is 30.8 Å². The van der Waals surface area contributed by atoms with E-state index >= 15 is 0 Å². The van der Waals surface area contributed by atoms with Gasteiger partial charge >= 0.3 is 0 Å². The Bertz CT molecular complexity index is 618. The summed E-state index contributed by atoms with van der Waals surface area (Å²) in [4.78, 5) is 0. The van der Waals surface area contributed by atoms with Crippen LogP contribution >= 0.6 is 24.8 Å². The van der Waals surface area contributed by atoms with E-state index in [1.165, 1.54) is 6.07 Å². The van der Waals surface area contributed by atoms with Crippen LogP contribution in [-0.4, -0.2) is 31.3 Å². The van der Waals surface area contributed by atoms with Crippen molar-refractivity contribution in [2.75, 3.05) is 26.2 Å². The lowest BCUT2D eigenvalue weighted by atomic mass is 10.2. The molecule has 0 atom stereocenters. The smallest absolute Gasteiger partial charge is 0.129 e. The molecule has 4 nitrogen and oxygen atoms in total. The van der Waals surface area contributed by atoms with Gasteiger partial charge < -0.3 is 20.5 Å². The fraction of sp³-hybridized carbons (Fsp3) is 0.368. The molecule has 0 unspecified atom stereocenters. The van der Waals surface area contributed by atoms with Crippen LogP contribution in [0.5, 0.6) is 5.75 Å². The third kappa shape index (κ3) is 8.83. The van der Waals surface area contributed by atoms with E-state index in [-0.39, 0.29) is 43.8 Å². The Morgan fingerprint density at radius 1 is 0.846 bits per heavy atom. The minimum atomic E-state index is -0.247. The normalized spacial score (nSPS) is 9.92. The van der Waals surface area contributed by atoms with Crippen LogP contribution in [0.4, 0.5) is 4.39 Å². The Labute approximate surface area is 167 Å². The first kappa shape index (κ1) is 24.6. The molecule has 26 heavy (non-hydrogen) atoms. The summed E-state index contributed by atoms with van der Waals surface area (Å²) in [7, 11) is 0. The molecule has 2 aromatic rings. The van der Waals surface area contributed by atoms with Crippen LogP contribution in [0.15, 0.2) is 48.5 Å². The molecule has 3 N–H and O–H groups in total. The molecule has 2 aromatic carbocycles. The predicted octanol–water partition coefficient (Wildman–Crippen LogP) is 3.31. The third-order valence-electron chi connectivity index (χ3n) is 3.62. The van der Waals surface area contributed by atoms with Gasteiger partial charge in [0.15, 0.2) is 0 Å². The van der Waals surface area contributed by atoms with Crippen LogP contribution in [-0.2, 0) is 13.2 Å². The van der Waals surface area contributed by atoms with E-state index < -0.39 is 0 Å². The molecule has 0 aliphatic carbocycles. The number of ether oxygens (including phenoxy) is 1. The van der Waals surface area contributed by atoms with Crippen molar-refractivity contribution in [1.82, 2.24) is 10.6 Å². The molecule has 0 aliphatic heterocycles. The zero-order chi connectivity index (χ0) is 17.0. The molecular weight excluding hydrogens is 378 g/mol. The summed E-state index contributed by atoms with van der Waals surface area (Å²) in [5.74, 6) is 0.523. The summed E-state index contributed by atoms with van der Waals surface area (Å²) < 4.78 is 19.4. The topological polar surface area (TPSA) is 53.5 Å². The van der Waals surface area contributed by atoms with Crippen LogP contribution < -0.4 is 15.4 Å². The van der Waals surface area contributed by atoms with Gasteiger partial charge in [0, 0.05) is 24.2 Å². The molecule has 7 heteroatoms. The molecule has 0 saturated heterocycles. The van der Waals surface area contributed by atoms with Crippen molar-refractivity contribution in [3.05, 3.63) is 65.5 Å². The summed E-state index contributed by atoms with van der Waals surface area (Å²) in [5, 5.41) is 15.2. The number of rotatable bonds is 11. The van der Waals surface area contributed by atoms with Gasteiger partial charge in [0.2, 0.25) is 0 Å². The average molecular weight is 405 g/mol. The summed E-state index contributed by atoms with van der Waals surface area (Å²) in [6.45, 7) is 3.47. The van der Waals surface area contributed by atoms with Crippen LogP contribution in [0.1, 0.15) is 17.5 Å². The number of hydrogen-bond acceptors (Lipinski definition) is 4. The van der Waals surface area contributed by atoms with E-state index in [4.69, 9.17) is 9.84 Å². The van der Waals surface area contributed by atoms with E-state index in [1.807, 2.05) is 24.3 Å². The first-order chi connectivity index (χ1) is 11.8. The van der Waals surface area contributed by atoms with Gasteiger partial charge in [-0.3, -0.25) is 0 Å². The monoisotopic (exact) mass is 404 g/mol. The minimum Gasteiger partial charge on any atom is -0.488 e. The van der Waals surface area contributed by atoms with Crippen molar-refractivity contribution in [3.8, 4) is 5.75 Å². The van der Waals surface area contributed by atoms with Gasteiger partial charge in [0.1, 0.15) is 18.2 Å². The predicted molar refractivity (Wildman–Crippen MR) is 108 cm³/mol. The molecule has 0 aromatic heterocycles. The molecule has 2 rings (SSSR count). The number of nitrogens with one attached hydrogen (secondary N) is 2. The van der Waals surface area contributed by atoms with Crippen LogP contribution in [0.2, 0.25) is 0 Å². The zero-order valence-corrected chi connectivity index (χ0v) is 16.3. The standard InChI is InChI=1S/C19H25FN2O2.2ClH/c20-18-8-3-1-7-17(18)15-24-19-9-4-2-6-16(19)14-22-11-5-10-21-12-13-23;;/h1-4,6-9,21-23H,5,10-15H2;2*1H. The molecule has 0 fully saturated rings. The van der Waals surface area contributed by atoms with Gasteiger partial charge in [0.05, 0.1) is 6.61 Å². The average Bonchev–Trinajstić information content (AvgIpc) is 2.61. The first-order valence-corrected chi connectivity index (χ1v) is 8.27. The van der Waals surface area contributed by atoms with Gasteiger partial charge in [-0.2, -0.15) is 0 Å². The molecule has 0 spiro atoms. The summed E-state index contributed by atoms with van der Waals surface area (Å²) >= 11 is 0. The highest BCUT2D eigenvalue weighted by molar-refractivity contribution is 5.85. The highest BCUT2D eigenvalue weighted by Gasteiger charge is 2.05. The van der Waals surface area contributed by atoms with Crippen molar-refractivity contribution in [1.29, 1.82) is 0 Å². The van der Waals surface area contributed by atoms with E-state index in [0.29, 0.717) is 18.7 Å². The highest BCUT2D eigenvalue weighted by atomic mass is 35.5. The second-order valence-electron chi connectivity index (χ2n) is 5.49. The van der Waals surface area contributed by atoms with Gasteiger partial charge in [-0.1, -0.05) is 36.4 Å². The van der Waals surface area contributed by atoms with E-state index in [1.54, 1.807) is 18.2 Å². The van der Waals surface area contributed by atoms with Crippen LogP contribution in [0.25, 0.3) is 0 Å². The van der Waals surface area contributed by atoms with Crippen molar-refractivity contribution >= 4 is 24.8 Å². The molecule has 0 saturated carbocycles. The lowest BCUT2D eigenvalue weighted by molar-refractivity contribution is 0.291. The largest absolute Gasteiger partial charge is 0.488 e. The van der Waals surface area contributed by atoms with Crippen molar-refractivity contribution in [2.45, 2.75) is 19.6 Å². The first-order valence-electron chi connectivity index (χ1n) is 8.27. The quantitative estimate of drug-likeness (QED) is 0.502. The molecule has 0 aliphatic rings. The fourth-order valence-electron chi connectivity index (χ4n) is 2.33. The summed E-state index contributed by atoms with van der Waals surface area (Å²) in [6, 6.07) is 14.4. The second-order valence-corrected chi connectivity index (χ2v) is 5.49. The third-order valence-corrected chi connectivity index (χ3v) is 3.62. The Morgan fingerprint density at radius 3 is 2.23 bits per heavy atom. The minimum absolute atomic E-state index is 0. The van der Waals surface area contributed by atoms with E-state index in [9.17, 15) is 4.39 Å². The number of benzene rings is 2. The number of para-hydroxylation sites is 1. The van der Waals surface area contributed by atoms with Crippen LogP contribution in [0, 0.1) is 5.82 Å². The molecular formula is C19H27Cl2FN2O2. The maximum Gasteiger partial charge on any atom is 0.129 e. The second kappa shape index (κ2) is 14.8. The SMILES string of the molecule is Cl.Cl.OCCNCCCNCc1ccccc1OCc1ccccc1F. The van der Waals surface area contributed by atoms with Gasteiger partial charge in [-0.05, 0) is 31.6 Å². The molecule has 0 heterocycles. The molecule has 0 bridgehead atoms. The highest BCUT2D eigenvalue weighted by Crippen LogP contribution is 2.20. The Hall–Kier alpha value is -1.37. The summed E-state index contributed by atoms with van der Waals surface area (Å²) in [6.07, 6.45) is 0.984. The van der Waals surface area contributed by atoms with Crippen LogP contribution in [0.3, 0.4) is 0 Å². The van der Waals surface area contributed by atoms with Crippen molar-refractivity contribution in [2.24, 2.45) is 0 Å². The van der Waals surface area contributed by atoms with Crippen molar-refractivity contribution in [3.63, 3.8) is 0 Å². The Kier molecular flexibility index (Phi) is 14.0.